The van der Waals surface area contributed by atoms with Crippen LogP contribution in [0.4, 0.5) is 0 Å². The summed E-state index contributed by atoms with van der Waals surface area (Å²) in [5, 5.41) is 0. The van der Waals surface area contributed by atoms with E-state index in [-0.39, 0.29) is 17.5 Å². The van der Waals surface area contributed by atoms with Gasteiger partial charge >= 0.3 is 5.97 Å². The van der Waals surface area contributed by atoms with Crippen LogP contribution in [0.25, 0.3) is 0 Å². The fourth-order valence-corrected chi connectivity index (χ4v) is 2.20. The highest BCUT2D eigenvalue weighted by molar-refractivity contribution is 5.76. The predicted octanol–water partition coefficient (Wildman–Crippen LogP) is 2.73. The van der Waals surface area contributed by atoms with Crippen LogP contribution in [-0.2, 0) is 9.53 Å². The zero-order valence-corrected chi connectivity index (χ0v) is 11.8. The van der Waals surface area contributed by atoms with E-state index in [9.17, 15) is 4.79 Å². The summed E-state index contributed by atoms with van der Waals surface area (Å²) >= 11 is 0. The lowest BCUT2D eigenvalue weighted by molar-refractivity contribution is -0.156. The van der Waals surface area contributed by atoms with Crippen molar-refractivity contribution < 1.29 is 9.53 Å². The molecule has 0 aromatic rings. The van der Waals surface area contributed by atoms with Crippen molar-refractivity contribution in [3.8, 4) is 0 Å². The molecule has 1 aliphatic carbocycles. The summed E-state index contributed by atoms with van der Waals surface area (Å²) in [6.45, 7) is 10.4. The van der Waals surface area contributed by atoms with Crippen molar-refractivity contribution in [3.63, 3.8) is 0 Å². The molecule has 0 spiro atoms. The highest BCUT2D eigenvalue weighted by atomic mass is 16.5. The number of carbonyl (C=O) groups excluding carboxylic acids is 1. The van der Waals surface area contributed by atoms with Gasteiger partial charge in [-0.2, -0.15) is 0 Å². The van der Waals surface area contributed by atoms with Crippen molar-refractivity contribution in [2.24, 2.45) is 23.0 Å². The predicted molar refractivity (Wildman–Crippen MR) is 69.5 cm³/mol. The first-order valence-corrected chi connectivity index (χ1v) is 6.68. The van der Waals surface area contributed by atoms with E-state index in [2.05, 4.69) is 13.8 Å². The highest BCUT2D eigenvalue weighted by Gasteiger charge is 2.32. The van der Waals surface area contributed by atoms with Crippen molar-refractivity contribution in [3.05, 3.63) is 0 Å². The van der Waals surface area contributed by atoms with Gasteiger partial charge in [0.05, 0.1) is 0 Å². The van der Waals surface area contributed by atoms with E-state index in [1.807, 2.05) is 20.8 Å². The first-order chi connectivity index (χ1) is 7.71. The molecule has 0 bridgehead atoms. The molecule has 0 aromatic carbocycles. The van der Waals surface area contributed by atoms with Gasteiger partial charge in [-0.3, -0.25) is 4.79 Å². The SMILES string of the molecule is CC1CCC(OC(=O)[C@@H](N)C(C)(C)C)CC1C. The van der Waals surface area contributed by atoms with Gasteiger partial charge in [0.15, 0.2) is 0 Å². The van der Waals surface area contributed by atoms with Crippen LogP contribution in [0, 0.1) is 17.3 Å². The Morgan fingerprint density at radius 3 is 2.29 bits per heavy atom. The van der Waals surface area contributed by atoms with E-state index in [0.717, 1.165) is 25.2 Å². The zero-order chi connectivity index (χ0) is 13.2. The van der Waals surface area contributed by atoms with Crippen LogP contribution >= 0.6 is 0 Å². The van der Waals surface area contributed by atoms with Crippen LogP contribution in [0.1, 0.15) is 53.9 Å². The molecular weight excluding hydrogens is 214 g/mol. The molecule has 0 amide bonds. The first-order valence-electron chi connectivity index (χ1n) is 6.68. The number of hydrogen-bond donors (Lipinski definition) is 1. The normalized spacial score (nSPS) is 32.0. The Bertz CT molecular complexity index is 270. The summed E-state index contributed by atoms with van der Waals surface area (Å²) in [6, 6.07) is -0.530. The lowest BCUT2D eigenvalue weighted by atomic mass is 9.80. The molecule has 1 aliphatic rings. The summed E-state index contributed by atoms with van der Waals surface area (Å²) in [5.74, 6) is 1.12. The number of esters is 1. The highest BCUT2D eigenvalue weighted by Crippen LogP contribution is 2.31. The van der Waals surface area contributed by atoms with Crippen molar-refractivity contribution in [1.29, 1.82) is 0 Å². The van der Waals surface area contributed by atoms with Gasteiger partial charge in [0.1, 0.15) is 12.1 Å². The second kappa shape index (κ2) is 5.38. The molecule has 100 valence electrons. The van der Waals surface area contributed by atoms with Crippen LogP contribution in [0.3, 0.4) is 0 Å². The molecule has 0 aliphatic heterocycles. The van der Waals surface area contributed by atoms with Gasteiger partial charge in [-0.1, -0.05) is 34.6 Å². The summed E-state index contributed by atoms with van der Waals surface area (Å²) in [6.07, 6.45) is 3.17. The smallest absolute Gasteiger partial charge is 0.323 e. The third kappa shape index (κ3) is 3.98. The fraction of sp³-hybridized carbons (Fsp3) is 0.929. The van der Waals surface area contributed by atoms with E-state index in [4.69, 9.17) is 10.5 Å². The van der Waals surface area contributed by atoms with Crippen molar-refractivity contribution >= 4 is 5.97 Å². The van der Waals surface area contributed by atoms with Crippen LogP contribution in [-0.4, -0.2) is 18.1 Å². The third-order valence-electron chi connectivity index (χ3n) is 4.02. The Morgan fingerprint density at radius 1 is 1.24 bits per heavy atom. The molecule has 3 unspecified atom stereocenters. The number of hydrogen-bond acceptors (Lipinski definition) is 3. The minimum absolute atomic E-state index is 0.0714. The Morgan fingerprint density at radius 2 is 1.82 bits per heavy atom. The minimum Gasteiger partial charge on any atom is -0.461 e. The molecular formula is C14H27NO2. The molecule has 1 rings (SSSR count). The van der Waals surface area contributed by atoms with E-state index in [1.54, 1.807) is 0 Å². The number of ether oxygens (including phenoxy) is 1. The molecule has 3 heteroatoms. The molecule has 0 aromatic heterocycles. The van der Waals surface area contributed by atoms with Gasteiger partial charge < -0.3 is 10.5 Å². The zero-order valence-electron chi connectivity index (χ0n) is 11.8. The Kier molecular flexibility index (Phi) is 4.59. The quantitative estimate of drug-likeness (QED) is 0.756. The largest absolute Gasteiger partial charge is 0.461 e. The third-order valence-corrected chi connectivity index (χ3v) is 4.02. The maximum absolute atomic E-state index is 11.9. The summed E-state index contributed by atoms with van der Waals surface area (Å²) in [4.78, 5) is 11.9. The van der Waals surface area contributed by atoms with Crippen LogP contribution in [0.15, 0.2) is 0 Å². The molecule has 17 heavy (non-hydrogen) atoms. The van der Waals surface area contributed by atoms with Crippen LogP contribution in [0.5, 0.6) is 0 Å². The second-order valence-corrected chi connectivity index (χ2v) is 6.67. The molecule has 2 N–H and O–H groups in total. The van der Waals surface area contributed by atoms with E-state index in [0.29, 0.717) is 5.92 Å². The minimum atomic E-state index is -0.530. The van der Waals surface area contributed by atoms with Gasteiger partial charge in [0.2, 0.25) is 0 Å². The summed E-state index contributed by atoms with van der Waals surface area (Å²) in [7, 11) is 0. The fourth-order valence-electron chi connectivity index (χ4n) is 2.20. The van der Waals surface area contributed by atoms with Crippen molar-refractivity contribution in [1.82, 2.24) is 0 Å². The first kappa shape index (κ1) is 14.5. The van der Waals surface area contributed by atoms with E-state index >= 15 is 0 Å². The van der Waals surface area contributed by atoms with Crippen LogP contribution in [0.2, 0.25) is 0 Å². The Balaban J connectivity index is 2.47. The lowest BCUT2D eigenvalue weighted by Gasteiger charge is -2.33. The number of carbonyl (C=O) groups is 1. The second-order valence-electron chi connectivity index (χ2n) is 6.67. The molecule has 0 saturated heterocycles. The van der Waals surface area contributed by atoms with E-state index < -0.39 is 6.04 Å². The summed E-state index contributed by atoms with van der Waals surface area (Å²) < 4.78 is 5.53. The number of rotatable bonds is 2. The summed E-state index contributed by atoms with van der Waals surface area (Å²) in [5.41, 5.74) is 5.67. The Labute approximate surface area is 105 Å². The maximum Gasteiger partial charge on any atom is 0.323 e. The molecule has 1 fully saturated rings. The average molecular weight is 241 g/mol. The molecule has 4 atom stereocenters. The van der Waals surface area contributed by atoms with Crippen LogP contribution < -0.4 is 5.73 Å². The molecule has 0 heterocycles. The van der Waals surface area contributed by atoms with Gasteiger partial charge in [-0.15, -0.1) is 0 Å². The van der Waals surface area contributed by atoms with Gasteiger partial charge in [0.25, 0.3) is 0 Å². The van der Waals surface area contributed by atoms with Crippen molar-refractivity contribution in [2.75, 3.05) is 0 Å². The lowest BCUT2D eigenvalue weighted by Crippen LogP contribution is -2.45. The van der Waals surface area contributed by atoms with Gasteiger partial charge in [-0.05, 0) is 36.5 Å². The van der Waals surface area contributed by atoms with Gasteiger partial charge in [-0.25, -0.2) is 0 Å². The average Bonchev–Trinajstić information content (AvgIpc) is 2.21. The monoisotopic (exact) mass is 241 g/mol. The Hall–Kier alpha value is -0.570. The topological polar surface area (TPSA) is 52.3 Å². The molecule has 1 saturated carbocycles. The number of nitrogens with two attached hydrogens (primary N) is 1. The standard InChI is InChI=1S/C14H27NO2/c1-9-6-7-11(8-10(9)2)17-13(16)12(15)14(3,4)5/h9-12H,6-8,15H2,1-5H3/t9?,10?,11?,12-/m1/s1. The molecule has 0 radical (unpaired) electrons. The van der Waals surface area contributed by atoms with Crippen molar-refractivity contribution in [2.45, 2.75) is 66.0 Å². The maximum atomic E-state index is 11.9. The van der Waals surface area contributed by atoms with Gasteiger partial charge in [0, 0.05) is 0 Å². The van der Waals surface area contributed by atoms with E-state index in [1.165, 1.54) is 0 Å². The molecule has 3 nitrogen and oxygen atoms in total.